The molecule has 160 valence electrons. The van der Waals surface area contributed by atoms with E-state index >= 15 is 0 Å². The van der Waals surface area contributed by atoms with Crippen molar-refractivity contribution in [1.29, 1.82) is 5.26 Å². The molecule has 5 nitrogen and oxygen atoms in total. The van der Waals surface area contributed by atoms with Crippen molar-refractivity contribution in [2.45, 2.75) is 19.4 Å². The Balaban J connectivity index is 1.62. The summed E-state index contributed by atoms with van der Waals surface area (Å²) in [5.74, 6) is -2.39. The molecule has 1 heterocycles. The van der Waals surface area contributed by atoms with Crippen LogP contribution in [0.2, 0.25) is 0 Å². The lowest BCUT2D eigenvalue weighted by Gasteiger charge is -2.34. The summed E-state index contributed by atoms with van der Waals surface area (Å²) in [6.45, 7) is 5.16. The van der Waals surface area contributed by atoms with E-state index in [0.29, 0.717) is 50.7 Å². The summed E-state index contributed by atoms with van der Waals surface area (Å²) in [7, 11) is 0. The molecule has 2 aromatic carbocycles. The fourth-order valence-corrected chi connectivity index (χ4v) is 3.71. The van der Waals surface area contributed by atoms with Gasteiger partial charge in [-0.2, -0.15) is 5.26 Å². The number of rotatable bonds is 6. The molecule has 1 aliphatic rings. The molecule has 0 N–H and O–H groups in total. The van der Waals surface area contributed by atoms with Gasteiger partial charge in [-0.25, -0.2) is 8.78 Å². The predicted molar refractivity (Wildman–Crippen MR) is 112 cm³/mol. The minimum Gasteiger partial charge on any atom is -0.339 e. The molecular weight excluding hydrogens is 400 g/mol. The first-order valence-electron chi connectivity index (χ1n) is 10.1. The zero-order valence-corrected chi connectivity index (χ0v) is 17.1. The summed E-state index contributed by atoms with van der Waals surface area (Å²) in [6.07, 6.45) is 2.60. The highest BCUT2D eigenvalue weighted by Gasteiger charge is 2.31. The molecule has 0 aliphatic carbocycles. The average molecular weight is 423 g/mol. The molecular formula is C24H23F2N3O2. The summed E-state index contributed by atoms with van der Waals surface area (Å²) in [5, 5.41) is 8.92. The van der Waals surface area contributed by atoms with Crippen LogP contribution in [0.3, 0.4) is 0 Å². The largest absolute Gasteiger partial charge is 0.339 e. The number of nitriles is 1. The normalized spacial score (nSPS) is 14.0. The fraction of sp³-hybridized carbons (Fsp3) is 0.292. The second kappa shape index (κ2) is 9.98. The third-order valence-electron chi connectivity index (χ3n) is 5.41. The molecule has 0 spiro atoms. The molecule has 0 saturated carbocycles. The lowest BCUT2D eigenvalue weighted by molar-refractivity contribution is -0.137. The molecule has 1 aliphatic heterocycles. The van der Waals surface area contributed by atoms with Gasteiger partial charge in [0.1, 0.15) is 11.6 Å². The van der Waals surface area contributed by atoms with Gasteiger partial charge in [0, 0.05) is 38.2 Å². The Bertz CT molecular complexity index is 1010. The zero-order valence-electron chi connectivity index (χ0n) is 17.1. The Morgan fingerprint density at radius 3 is 2.42 bits per heavy atom. The van der Waals surface area contributed by atoms with Gasteiger partial charge in [0.25, 0.3) is 5.91 Å². The van der Waals surface area contributed by atoms with Crippen LogP contribution in [0.1, 0.15) is 34.3 Å². The monoisotopic (exact) mass is 423 g/mol. The molecule has 31 heavy (non-hydrogen) atoms. The molecule has 3 rings (SSSR count). The highest BCUT2D eigenvalue weighted by Crippen LogP contribution is 2.23. The Labute approximate surface area is 180 Å². The van der Waals surface area contributed by atoms with Gasteiger partial charge in [-0.3, -0.25) is 9.59 Å². The maximum absolute atomic E-state index is 13.9. The van der Waals surface area contributed by atoms with Crippen molar-refractivity contribution < 1.29 is 18.4 Å². The van der Waals surface area contributed by atoms with Crippen molar-refractivity contribution in [1.82, 2.24) is 9.80 Å². The Kier molecular flexibility index (Phi) is 7.14. The van der Waals surface area contributed by atoms with Crippen molar-refractivity contribution in [3.05, 3.63) is 83.4 Å². The van der Waals surface area contributed by atoms with E-state index in [0.717, 1.165) is 17.7 Å². The van der Waals surface area contributed by atoms with E-state index in [4.69, 9.17) is 5.26 Å². The molecule has 2 aromatic rings. The predicted octanol–water partition coefficient (Wildman–Crippen LogP) is 3.90. The lowest BCUT2D eigenvalue weighted by atomic mass is 9.94. The summed E-state index contributed by atoms with van der Waals surface area (Å²) in [4.78, 5) is 28.8. The number of hydrogen-bond donors (Lipinski definition) is 0. The summed E-state index contributed by atoms with van der Waals surface area (Å²) < 4.78 is 27.0. The summed E-state index contributed by atoms with van der Waals surface area (Å²) in [6, 6.07) is 12.0. The van der Waals surface area contributed by atoms with Gasteiger partial charge in [0.15, 0.2) is 0 Å². The smallest absolute Gasteiger partial charge is 0.256 e. The van der Waals surface area contributed by atoms with Crippen LogP contribution < -0.4 is 0 Å². The van der Waals surface area contributed by atoms with Gasteiger partial charge in [-0.15, -0.1) is 6.58 Å². The highest BCUT2D eigenvalue weighted by molar-refractivity contribution is 5.94. The van der Waals surface area contributed by atoms with Crippen molar-refractivity contribution in [2.75, 3.05) is 19.6 Å². The number of halogens is 2. The topological polar surface area (TPSA) is 64.4 Å². The first kappa shape index (κ1) is 22.2. The molecule has 0 radical (unpaired) electrons. The summed E-state index contributed by atoms with van der Waals surface area (Å²) >= 11 is 0. The maximum atomic E-state index is 13.9. The van der Waals surface area contributed by atoms with Crippen molar-refractivity contribution in [2.24, 2.45) is 5.92 Å². The second-order valence-corrected chi connectivity index (χ2v) is 7.51. The molecule has 1 fully saturated rings. The lowest BCUT2D eigenvalue weighted by Crippen LogP contribution is -2.44. The van der Waals surface area contributed by atoms with Crippen LogP contribution in [0.4, 0.5) is 8.78 Å². The Hall–Kier alpha value is -3.53. The number of carbonyl (C=O) groups excluding carboxylic acids is 2. The first-order chi connectivity index (χ1) is 14.9. The molecule has 1 saturated heterocycles. The van der Waals surface area contributed by atoms with E-state index in [1.54, 1.807) is 23.1 Å². The minimum absolute atomic E-state index is 0.0238. The highest BCUT2D eigenvalue weighted by atomic mass is 19.1. The van der Waals surface area contributed by atoms with Crippen molar-refractivity contribution >= 4 is 11.8 Å². The summed E-state index contributed by atoms with van der Waals surface area (Å²) in [5.41, 5.74) is 1.30. The van der Waals surface area contributed by atoms with E-state index < -0.39 is 17.5 Å². The standard InChI is InChI=1S/C24H23F2N3O2/c1-2-11-29(16-18-5-3-17(15-27)4-6-18)23(30)19-9-12-28(13-10-19)24(31)21-8-7-20(25)14-22(21)26/h2-8,14,19H,1,9-13,16H2. The average Bonchev–Trinajstić information content (AvgIpc) is 2.78. The molecule has 0 aromatic heterocycles. The molecule has 0 bridgehead atoms. The number of amides is 2. The third kappa shape index (κ3) is 5.34. The molecule has 0 unspecified atom stereocenters. The van der Waals surface area contributed by atoms with E-state index in [2.05, 4.69) is 12.6 Å². The fourth-order valence-electron chi connectivity index (χ4n) is 3.71. The molecule has 7 heteroatoms. The van der Waals surface area contributed by atoms with Gasteiger partial charge in [0.05, 0.1) is 17.2 Å². The van der Waals surface area contributed by atoms with E-state index in [1.807, 2.05) is 12.1 Å². The quantitative estimate of drug-likeness (QED) is 0.662. The van der Waals surface area contributed by atoms with Crippen LogP contribution in [-0.2, 0) is 11.3 Å². The van der Waals surface area contributed by atoms with E-state index in [-0.39, 0.29) is 17.4 Å². The third-order valence-corrected chi connectivity index (χ3v) is 5.41. The maximum Gasteiger partial charge on any atom is 0.256 e. The van der Waals surface area contributed by atoms with E-state index in [9.17, 15) is 18.4 Å². The van der Waals surface area contributed by atoms with Crippen LogP contribution in [0.15, 0.2) is 55.1 Å². The van der Waals surface area contributed by atoms with Crippen molar-refractivity contribution in [3.63, 3.8) is 0 Å². The van der Waals surface area contributed by atoms with Gasteiger partial charge in [-0.1, -0.05) is 18.2 Å². The first-order valence-corrected chi connectivity index (χ1v) is 10.1. The van der Waals surface area contributed by atoms with Crippen LogP contribution in [0.25, 0.3) is 0 Å². The number of nitrogens with zero attached hydrogens (tertiary/aromatic N) is 3. The second-order valence-electron chi connectivity index (χ2n) is 7.51. The van der Waals surface area contributed by atoms with Gasteiger partial charge >= 0.3 is 0 Å². The Morgan fingerprint density at radius 2 is 1.84 bits per heavy atom. The van der Waals surface area contributed by atoms with Crippen LogP contribution in [0, 0.1) is 28.9 Å². The van der Waals surface area contributed by atoms with E-state index in [1.165, 1.54) is 4.90 Å². The van der Waals surface area contributed by atoms with Crippen LogP contribution >= 0.6 is 0 Å². The number of hydrogen-bond acceptors (Lipinski definition) is 3. The van der Waals surface area contributed by atoms with Gasteiger partial charge in [0.2, 0.25) is 5.91 Å². The van der Waals surface area contributed by atoms with Gasteiger partial charge in [-0.05, 0) is 42.7 Å². The number of benzene rings is 2. The minimum atomic E-state index is -0.886. The number of carbonyl (C=O) groups is 2. The number of likely N-dealkylation sites (tertiary alicyclic amines) is 1. The molecule has 2 amide bonds. The number of piperidine rings is 1. The Morgan fingerprint density at radius 1 is 1.16 bits per heavy atom. The SMILES string of the molecule is C=CCN(Cc1ccc(C#N)cc1)C(=O)C1CCN(C(=O)c2ccc(F)cc2F)CC1. The van der Waals surface area contributed by atoms with Gasteiger partial charge < -0.3 is 9.80 Å². The molecule has 0 atom stereocenters. The van der Waals surface area contributed by atoms with Crippen molar-refractivity contribution in [3.8, 4) is 6.07 Å². The van der Waals surface area contributed by atoms with Crippen LogP contribution in [-0.4, -0.2) is 41.2 Å². The zero-order chi connectivity index (χ0) is 22.4. The van der Waals surface area contributed by atoms with Crippen LogP contribution in [0.5, 0.6) is 0 Å².